The van der Waals surface area contributed by atoms with Crippen molar-refractivity contribution < 1.29 is 28.8 Å². The molecule has 1 aliphatic heterocycles. The second-order valence-electron chi connectivity index (χ2n) is 7.36. The normalized spacial score (nSPS) is 14.3. The van der Waals surface area contributed by atoms with Gasteiger partial charge in [-0.15, -0.1) is 6.58 Å². The Labute approximate surface area is 206 Å². The number of non-ortho nitro benzene ring substituents is 1. The van der Waals surface area contributed by atoms with Crippen LogP contribution in [-0.4, -0.2) is 46.5 Å². The fourth-order valence-electron chi connectivity index (χ4n) is 3.44. The average molecular weight is 497 g/mol. The van der Waals surface area contributed by atoms with Crippen molar-refractivity contribution in [2.45, 2.75) is 20.3 Å². The molecule has 0 saturated carbocycles. The number of nitrogens with zero attached hydrogens (tertiary/aromatic N) is 2. The molecule has 1 heterocycles. The summed E-state index contributed by atoms with van der Waals surface area (Å²) >= 11 is 0.738. The average Bonchev–Trinajstić information content (AvgIpc) is 3.08. The minimum absolute atomic E-state index is 0.159. The summed E-state index contributed by atoms with van der Waals surface area (Å²) in [4.78, 5) is 49.3. The molecule has 0 aliphatic carbocycles. The number of nitro benzene ring substituents is 1. The Kier molecular flexibility index (Phi) is 8.43. The van der Waals surface area contributed by atoms with Gasteiger partial charge in [-0.2, -0.15) is 0 Å². The Hall–Kier alpha value is -3.92. The molecule has 0 unspecified atom stereocenters. The maximum absolute atomic E-state index is 12.9. The smallest absolute Gasteiger partial charge is 0.293 e. The topological polar surface area (TPSA) is 116 Å². The number of ether oxygens (including phenoxy) is 2. The van der Waals surface area contributed by atoms with E-state index in [-0.39, 0.29) is 16.2 Å². The van der Waals surface area contributed by atoms with Gasteiger partial charge < -0.3 is 9.47 Å². The molecule has 1 aliphatic rings. The lowest BCUT2D eigenvalue weighted by Crippen LogP contribution is -2.33. The number of carbonyl (C=O) groups excluding carboxylic acids is 3. The van der Waals surface area contributed by atoms with Gasteiger partial charge in [0, 0.05) is 23.3 Å². The number of rotatable bonds is 11. The van der Waals surface area contributed by atoms with Crippen molar-refractivity contribution in [3.05, 3.63) is 80.8 Å². The molecule has 2 aromatic rings. The van der Waals surface area contributed by atoms with Crippen LogP contribution in [0.4, 0.5) is 10.5 Å². The van der Waals surface area contributed by atoms with Crippen LogP contribution in [0, 0.1) is 10.1 Å². The number of hydrogen-bond acceptors (Lipinski definition) is 8. The molecule has 0 atom stereocenters. The van der Waals surface area contributed by atoms with Crippen LogP contribution in [0.2, 0.25) is 0 Å². The molecule has 10 heteroatoms. The summed E-state index contributed by atoms with van der Waals surface area (Å²) in [6.07, 6.45) is 3.82. The van der Waals surface area contributed by atoms with E-state index in [0.29, 0.717) is 36.7 Å². The molecule has 0 bridgehead atoms. The number of allylic oxidation sites excluding steroid dienone is 1. The fourth-order valence-corrected chi connectivity index (χ4v) is 4.27. The van der Waals surface area contributed by atoms with Crippen molar-refractivity contribution >= 4 is 40.5 Å². The number of hydrogen-bond donors (Lipinski definition) is 0. The molecular formula is C25H24N2O7S. The van der Waals surface area contributed by atoms with E-state index in [1.54, 1.807) is 18.2 Å². The molecule has 2 amide bonds. The third-order valence-corrected chi connectivity index (χ3v) is 5.89. The first-order valence-corrected chi connectivity index (χ1v) is 11.7. The molecule has 0 radical (unpaired) electrons. The van der Waals surface area contributed by atoms with Crippen LogP contribution in [0.15, 0.2) is 54.0 Å². The van der Waals surface area contributed by atoms with Crippen molar-refractivity contribution in [3.8, 4) is 11.5 Å². The summed E-state index contributed by atoms with van der Waals surface area (Å²) in [5, 5.41) is 10.2. The highest BCUT2D eigenvalue weighted by molar-refractivity contribution is 8.18. The van der Waals surface area contributed by atoms with Crippen LogP contribution in [0.5, 0.6) is 11.5 Å². The van der Waals surface area contributed by atoms with Crippen LogP contribution < -0.4 is 9.47 Å². The lowest BCUT2D eigenvalue weighted by Gasteiger charge is -2.16. The lowest BCUT2D eigenvalue weighted by molar-refractivity contribution is -0.384. The highest BCUT2D eigenvalue weighted by atomic mass is 32.2. The summed E-state index contributed by atoms with van der Waals surface area (Å²) in [6.45, 7) is 7.90. The first-order valence-electron chi connectivity index (χ1n) is 10.8. The van der Waals surface area contributed by atoms with Gasteiger partial charge in [-0.05, 0) is 67.9 Å². The maximum atomic E-state index is 12.9. The van der Waals surface area contributed by atoms with Crippen molar-refractivity contribution in [1.29, 1.82) is 0 Å². The van der Waals surface area contributed by atoms with Crippen LogP contribution in [0.3, 0.4) is 0 Å². The van der Waals surface area contributed by atoms with E-state index < -0.39 is 28.4 Å². The van der Waals surface area contributed by atoms with Crippen molar-refractivity contribution in [1.82, 2.24) is 4.90 Å². The van der Waals surface area contributed by atoms with Gasteiger partial charge in [0.2, 0.25) is 0 Å². The molecule has 9 nitrogen and oxygen atoms in total. The molecule has 2 aromatic carbocycles. The minimum atomic E-state index is -0.590. The molecule has 0 N–H and O–H groups in total. The summed E-state index contributed by atoms with van der Waals surface area (Å²) in [6, 6.07) is 8.56. The van der Waals surface area contributed by atoms with E-state index >= 15 is 0 Å². The highest BCUT2D eigenvalue weighted by Crippen LogP contribution is 2.37. The lowest BCUT2D eigenvalue weighted by atomic mass is 10.0. The van der Waals surface area contributed by atoms with Gasteiger partial charge in [0.25, 0.3) is 16.8 Å². The molecule has 1 saturated heterocycles. The van der Waals surface area contributed by atoms with E-state index in [0.717, 1.165) is 22.2 Å². The maximum Gasteiger partial charge on any atom is 0.293 e. The third-order valence-electron chi connectivity index (χ3n) is 4.98. The summed E-state index contributed by atoms with van der Waals surface area (Å²) < 4.78 is 11.5. The summed E-state index contributed by atoms with van der Waals surface area (Å²) in [5.41, 5.74) is 1.47. The highest BCUT2D eigenvalue weighted by Gasteiger charge is 2.36. The van der Waals surface area contributed by atoms with Crippen molar-refractivity contribution in [2.75, 3.05) is 19.8 Å². The van der Waals surface area contributed by atoms with Crippen LogP contribution >= 0.6 is 11.8 Å². The second-order valence-corrected chi connectivity index (χ2v) is 8.35. The number of imide groups is 1. The Balaban J connectivity index is 1.85. The predicted octanol–water partition coefficient (Wildman–Crippen LogP) is 5.04. The van der Waals surface area contributed by atoms with Gasteiger partial charge in [0.15, 0.2) is 17.3 Å². The van der Waals surface area contributed by atoms with Crippen LogP contribution in [0.1, 0.15) is 35.3 Å². The molecule has 1 fully saturated rings. The van der Waals surface area contributed by atoms with Crippen LogP contribution in [0.25, 0.3) is 6.08 Å². The fraction of sp³-hybridized carbons (Fsp3) is 0.240. The molecule has 35 heavy (non-hydrogen) atoms. The number of benzene rings is 2. The van der Waals surface area contributed by atoms with Crippen molar-refractivity contribution in [2.24, 2.45) is 0 Å². The number of ketones is 1. The Morgan fingerprint density at radius 1 is 1.14 bits per heavy atom. The SMILES string of the molecule is C=CCc1cc(/C=C2/SC(=O)N(CC(=O)c3ccc([N+](=O)[O-])cc3)C2=O)cc(OCC)c1OCC. The minimum Gasteiger partial charge on any atom is -0.490 e. The predicted molar refractivity (Wildman–Crippen MR) is 133 cm³/mol. The van der Waals surface area contributed by atoms with Gasteiger partial charge >= 0.3 is 0 Å². The summed E-state index contributed by atoms with van der Waals surface area (Å²) in [7, 11) is 0. The van der Waals surface area contributed by atoms with Crippen molar-refractivity contribution in [3.63, 3.8) is 0 Å². The zero-order chi connectivity index (χ0) is 25.5. The van der Waals surface area contributed by atoms with Gasteiger partial charge in [0.1, 0.15) is 0 Å². The standard InChI is InChI=1S/C25H24N2O7S/c1-4-7-18-12-16(13-21(33-5-2)23(18)34-6-3)14-22-24(29)26(25(30)35-22)15-20(28)17-8-10-19(11-9-17)27(31)32/h4,8-14H,1,5-7,15H2,2-3H3/b22-14+. The van der Waals surface area contributed by atoms with Gasteiger partial charge in [-0.1, -0.05) is 6.08 Å². The van der Waals surface area contributed by atoms with Gasteiger partial charge in [-0.3, -0.25) is 29.4 Å². The third kappa shape index (κ3) is 5.96. The van der Waals surface area contributed by atoms with E-state index in [4.69, 9.17) is 9.47 Å². The molecule has 3 rings (SSSR count). The Morgan fingerprint density at radius 2 is 1.83 bits per heavy atom. The number of Topliss-reactive ketones (excluding diaryl/α,β-unsaturated/α-hetero) is 1. The van der Waals surface area contributed by atoms with E-state index in [9.17, 15) is 24.5 Å². The molecular weight excluding hydrogens is 472 g/mol. The first-order chi connectivity index (χ1) is 16.8. The number of thioether (sulfide) groups is 1. The van der Waals surface area contributed by atoms with E-state index in [2.05, 4.69) is 6.58 Å². The number of nitro groups is 1. The monoisotopic (exact) mass is 496 g/mol. The van der Waals surface area contributed by atoms with E-state index in [1.165, 1.54) is 24.3 Å². The first kappa shape index (κ1) is 25.7. The zero-order valence-corrected chi connectivity index (χ0v) is 20.1. The van der Waals surface area contributed by atoms with E-state index in [1.807, 2.05) is 19.9 Å². The Morgan fingerprint density at radius 3 is 2.43 bits per heavy atom. The van der Waals surface area contributed by atoms with Gasteiger partial charge in [0.05, 0.1) is 29.6 Å². The zero-order valence-electron chi connectivity index (χ0n) is 19.3. The Bertz CT molecular complexity index is 1210. The molecule has 0 aromatic heterocycles. The second kappa shape index (κ2) is 11.5. The quantitative estimate of drug-likeness (QED) is 0.140. The molecule has 182 valence electrons. The number of amides is 2. The largest absolute Gasteiger partial charge is 0.490 e. The summed E-state index contributed by atoms with van der Waals surface area (Å²) in [5.74, 6) is 0.0320. The molecule has 0 spiro atoms. The van der Waals surface area contributed by atoms with Crippen LogP contribution in [-0.2, 0) is 11.2 Å². The van der Waals surface area contributed by atoms with Gasteiger partial charge in [-0.25, -0.2) is 0 Å². The number of carbonyl (C=O) groups is 3.